The number of aromatic hydroxyl groups is 1. The van der Waals surface area contributed by atoms with E-state index in [1.54, 1.807) is 26.0 Å². The molecule has 0 bridgehead atoms. The van der Waals surface area contributed by atoms with E-state index in [2.05, 4.69) is 10.2 Å². The molecule has 0 aliphatic carbocycles. The number of anilines is 1. The van der Waals surface area contributed by atoms with Crippen molar-refractivity contribution in [3.63, 3.8) is 0 Å². The van der Waals surface area contributed by atoms with Gasteiger partial charge in [0.1, 0.15) is 0 Å². The summed E-state index contributed by atoms with van der Waals surface area (Å²) in [4.78, 5) is 12.5. The number of rotatable bonds is 4. The molecule has 1 aromatic carbocycles. The van der Waals surface area contributed by atoms with Gasteiger partial charge in [-0.3, -0.25) is 9.36 Å². The fourth-order valence-electron chi connectivity index (χ4n) is 2.53. The summed E-state index contributed by atoms with van der Waals surface area (Å²) in [6.07, 6.45) is 0.609. The van der Waals surface area contributed by atoms with Crippen LogP contribution in [0.15, 0.2) is 33.2 Å². The standard InChI is InChI=1S/C17H22N4O2/c1-5-13-11(4)15(17(23)21(6-2)16(13)22)20-19-14-9-12(18)8-7-10(14)3/h7-9,22H,5-6,18H2,1-4H3. The maximum atomic E-state index is 12.5. The summed E-state index contributed by atoms with van der Waals surface area (Å²) in [7, 11) is 0. The highest BCUT2D eigenvalue weighted by molar-refractivity contribution is 5.56. The number of azo groups is 1. The van der Waals surface area contributed by atoms with Crippen LogP contribution in [0.1, 0.15) is 30.5 Å². The Hall–Kier alpha value is -2.63. The van der Waals surface area contributed by atoms with Gasteiger partial charge in [0.25, 0.3) is 5.56 Å². The zero-order valence-electron chi connectivity index (χ0n) is 13.9. The van der Waals surface area contributed by atoms with Crippen molar-refractivity contribution in [1.29, 1.82) is 0 Å². The summed E-state index contributed by atoms with van der Waals surface area (Å²) in [6.45, 7) is 7.78. The summed E-state index contributed by atoms with van der Waals surface area (Å²) in [5, 5.41) is 18.6. The Bertz CT molecular complexity index is 822. The third-order valence-corrected chi connectivity index (χ3v) is 3.94. The minimum atomic E-state index is -0.343. The smallest absolute Gasteiger partial charge is 0.281 e. The third kappa shape index (κ3) is 3.11. The second-order valence-electron chi connectivity index (χ2n) is 5.42. The molecule has 0 fully saturated rings. The van der Waals surface area contributed by atoms with Gasteiger partial charge < -0.3 is 10.8 Å². The Balaban J connectivity index is 2.62. The molecule has 0 amide bonds. The molecule has 6 nitrogen and oxygen atoms in total. The molecule has 122 valence electrons. The maximum absolute atomic E-state index is 12.5. The van der Waals surface area contributed by atoms with Crippen molar-refractivity contribution in [3.8, 4) is 5.88 Å². The van der Waals surface area contributed by atoms with Gasteiger partial charge in [0, 0.05) is 17.8 Å². The first-order valence-electron chi connectivity index (χ1n) is 7.63. The highest BCUT2D eigenvalue weighted by atomic mass is 16.3. The quantitative estimate of drug-likeness (QED) is 0.665. The van der Waals surface area contributed by atoms with E-state index in [1.165, 1.54) is 4.57 Å². The summed E-state index contributed by atoms with van der Waals surface area (Å²) >= 11 is 0. The molecule has 3 N–H and O–H groups in total. The Morgan fingerprint density at radius 2 is 1.91 bits per heavy atom. The van der Waals surface area contributed by atoms with Crippen LogP contribution in [0.4, 0.5) is 17.1 Å². The monoisotopic (exact) mass is 314 g/mol. The van der Waals surface area contributed by atoms with Gasteiger partial charge in [-0.2, -0.15) is 5.11 Å². The number of benzene rings is 1. The predicted molar refractivity (Wildman–Crippen MR) is 91.9 cm³/mol. The highest BCUT2D eigenvalue weighted by Gasteiger charge is 2.17. The number of hydrogen-bond donors (Lipinski definition) is 2. The molecule has 0 unspecified atom stereocenters. The van der Waals surface area contributed by atoms with E-state index < -0.39 is 0 Å². The molecule has 0 saturated heterocycles. The third-order valence-electron chi connectivity index (χ3n) is 3.94. The number of hydrogen-bond acceptors (Lipinski definition) is 5. The summed E-state index contributed by atoms with van der Waals surface area (Å²) in [5.74, 6) is 0.0107. The van der Waals surface area contributed by atoms with Gasteiger partial charge in [0.15, 0.2) is 11.6 Å². The average molecular weight is 314 g/mol. The number of nitrogens with two attached hydrogens (primary N) is 1. The maximum Gasteiger partial charge on any atom is 0.281 e. The number of nitrogen functional groups attached to an aromatic ring is 1. The van der Waals surface area contributed by atoms with E-state index in [4.69, 9.17) is 5.73 Å². The second kappa shape index (κ2) is 6.64. The molecular formula is C17H22N4O2. The first kappa shape index (κ1) is 16.7. The Kier molecular flexibility index (Phi) is 4.83. The minimum Gasteiger partial charge on any atom is -0.494 e. The topological polar surface area (TPSA) is 93.0 Å². The fourth-order valence-corrected chi connectivity index (χ4v) is 2.53. The van der Waals surface area contributed by atoms with Crippen molar-refractivity contribution in [2.24, 2.45) is 10.2 Å². The summed E-state index contributed by atoms with van der Waals surface area (Å²) < 4.78 is 1.31. The van der Waals surface area contributed by atoms with Crippen molar-refractivity contribution in [2.75, 3.05) is 5.73 Å². The molecule has 2 rings (SSSR count). The number of pyridine rings is 1. The van der Waals surface area contributed by atoms with E-state index in [-0.39, 0.29) is 17.1 Å². The highest BCUT2D eigenvalue weighted by Crippen LogP contribution is 2.29. The van der Waals surface area contributed by atoms with Gasteiger partial charge in [-0.15, -0.1) is 5.11 Å². The molecule has 1 heterocycles. The molecule has 23 heavy (non-hydrogen) atoms. The van der Waals surface area contributed by atoms with Gasteiger partial charge in [-0.25, -0.2) is 0 Å². The van der Waals surface area contributed by atoms with Crippen LogP contribution < -0.4 is 11.3 Å². The van der Waals surface area contributed by atoms with Crippen LogP contribution in [0, 0.1) is 13.8 Å². The summed E-state index contributed by atoms with van der Waals surface area (Å²) in [6, 6.07) is 5.36. The second-order valence-corrected chi connectivity index (χ2v) is 5.42. The van der Waals surface area contributed by atoms with Crippen molar-refractivity contribution >= 4 is 17.1 Å². The molecule has 6 heteroatoms. The molecule has 2 aromatic rings. The molecule has 0 atom stereocenters. The van der Waals surface area contributed by atoms with Crippen LogP contribution >= 0.6 is 0 Å². The van der Waals surface area contributed by atoms with Crippen LogP contribution in [0.25, 0.3) is 0 Å². The number of nitrogens with zero attached hydrogens (tertiary/aromatic N) is 3. The van der Waals surface area contributed by atoms with Crippen molar-refractivity contribution in [2.45, 2.75) is 40.7 Å². The average Bonchev–Trinajstić information content (AvgIpc) is 2.51. The Morgan fingerprint density at radius 1 is 1.22 bits per heavy atom. The van der Waals surface area contributed by atoms with E-state index in [9.17, 15) is 9.90 Å². The minimum absolute atomic E-state index is 0.0107. The van der Waals surface area contributed by atoms with E-state index in [0.29, 0.717) is 35.5 Å². The molecule has 0 saturated carbocycles. The van der Waals surface area contributed by atoms with Crippen LogP contribution in [-0.4, -0.2) is 9.67 Å². The lowest BCUT2D eigenvalue weighted by Gasteiger charge is -2.14. The lowest BCUT2D eigenvalue weighted by molar-refractivity contribution is 0.404. The molecule has 0 spiro atoms. The van der Waals surface area contributed by atoms with Gasteiger partial charge in [-0.1, -0.05) is 13.0 Å². The van der Waals surface area contributed by atoms with Crippen LogP contribution in [0.5, 0.6) is 5.88 Å². The van der Waals surface area contributed by atoms with Crippen molar-refractivity contribution < 1.29 is 5.11 Å². The lowest BCUT2D eigenvalue weighted by atomic mass is 10.1. The lowest BCUT2D eigenvalue weighted by Crippen LogP contribution is -2.21. The van der Waals surface area contributed by atoms with Crippen molar-refractivity contribution in [3.05, 3.63) is 45.2 Å². The predicted octanol–water partition coefficient (Wildman–Crippen LogP) is 3.75. The first-order chi connectivity index (χ1) is 10.9. The zero-order chi connectivity index (χ0) is 17.1. The SMILES string of the molecule is CCc1c(C)c(N=Nc2cc(N)ccc2C)c(=O)n(CC)c1O. The van der Waals surface area contributed by atoms with Crippen molar-refractivity contribution in [1.82, 2.24) is 4.57 Å². The zero-order valence-corrected chi connectivity index (χ0v) is 13.9. The van der Waals surface area contributed by atoms with Gasteiger partial charge in [0.2, 0.25) is 0 Å². The van der Waals surface area contributed by atoms with E-state index >= 15 is 0 Å². The Labute approximate surface area is 135 Å². The Morgan fingerprint density at radius 3 is 2.52 bits per heavy atom. The molecule has 0 radical (unpaired) electrons. The first-order valence-corrected chi connectivity index (χ1v) is 7.63. The number of aryl methyl sites for hydroxylation is 1. The van der Waals surface area contributed by atoms with E-state index in [1.807, 2.05) is 19.9 Å². The van der Waals surface area contributed by atoms with Gasteiger partial charge in [0.05, 0.1) is 5.69 Å². The molecule has 0 aliphatic heterocycles. The van der Waals surface area contributed by atoms with Crippen LogP contribution in [-0.2, 0) is 13.0 Å². The molecule has 1 aromatic heterocycles. The fraction of sp³-hybridized carbons (Fsp3) is 0.353. The van der Waals surface area contributed by atoms with E-state index in [0.717, 1.165) is 5.56 Å². The van der Waals surface area contributed by atoms with Gasteiger partial charge >= 0.3 is 0 Å². The number of aromatic nitrogens is 1. The molecular weight excluding hydrogens is 292 g/mol. The van der Waals surface area contributed by atoms with Crippen LogP contribution in [0.2, 0.25) is 0 Å². The normalized spacial score (nSPS) is 11.3. The van der Waals surface area contributed by atoms with Gasteiger partial charge in [-0.05, 0) is 50.5 Å². The van der Waals surface area contributed by atoms with Crippen LogP contribution in [0.3, 0.4) is 0 Å². The molecule has 0 aliphatic rings. The largest absolute Gasteiger partial charge is 0.494 e. The summed E-state index contributed by atoms with van der Waals surface area (Å²) in [5.41, 5.74) is 9.18.